The number of nitrogens with zero attached hydrogens (tertiary/aromatic N) is 3. The molecule has 1 atom stereocenters. The molecule has 2 aromatic heterocycles. The van der Waals surface area contributed by atoms with Crippen LogP contribution in [0.4, 0.5) is 0 Å². The van der Waals surface area contributed by atoms with Crippen LogP contribution in [-0.2, 0) is 17.7 Å². The summed E-state index contributed by atoms with van der Waals surface area (Å²) >= 11 is 1.38. The normalized spacial score (nSPS) is 12.0. The van der Waals surface area contributed by atoms with Gasteiger partial charge < -0.3 is 14.3 Å². The molecule has 1 aromatic carbocycles. The van der Waals surface area contributed by atoms with Gasteiger partial charge in [-0.15, -0.1) is 10.2 Å². The fourth-order valence-corrected chi connectivity index (χ4v) is 4.54. The number of carbonyl (C=O) groups is 2. The van der Waals surface area contributed by atoms with Crippen LogP contribution in [0.15, 0.2) is 35.5 Å². The highest BCUT2D eigenvalue weighted by Crippen LogP contribution is 2.28. The van der Waals surface area contributed by atoms with Gasteiger partial charge in [0.15, 0.2) is 10.9 Å². The number of hydrogen-bond acceptors (Lipinski definition) is 6. The van der Waals surface area contributed by atoms with E-state index in [-0.39, 0.29) is 12.4 Å². The second-order valence-corrected chi connectivity index (χ2v) is 8.58. The largest absolute Gasteiger partial charge is 0.462 e. The second-order valence-electron chi connectivity index (χ2n) is 7.28. The highest BCUT2D eigenvalue weighted by atomic mass is 32.2. The first-order valence-corrected chi connectivity index (χ1v) is 11.3. The van der Waals surface area contributed by atoms with Crippen molar-refractivity contribution in [3.63, 3.8) is 0 Å². The SMILES string of the molecule is CCOC(=O)c1c(C)[nH]c(C(=O)C(C)Sc2nnc(Cc3ccccc3)n2CC)c1C. The van der Waals surface area contributed by atoms with Gasteiger partial charge >= 0.3 is 5.97 Å². The molecule has 31 heavy (non-hydrogen) atoms. The number of benzene rings is 1. The Morgan fingerprint density at radius 2 is 1.87 bits per heavy atom. The highest BCUT2D eigenvalue weighted by molar-refractivity contribution is 8.00. The van der Waals surface area contributed by atoms with E-state index in [0.29, 0.717) is 40.6 Å². The molecule has 0 aliphatic carbocycles. The van der Waals surface area contributed by atoms with E-state index in [0.717, 1.165) is 11.4 Å². The molecule has 0 saturated heterocycles. The maximum Gasteiger partial charge on any atom is 0.340 e. The zero-order valence-corrected chi connectivity index (χ0v) is 19.4. The smallest absolute Gasteiger partial charge is 0.340 e. The quantitative estimate of drug-likeness (QED) is 0.302. The molecule has 8 heteroatoms. The highest BCUT2D eigenvalue weighted by Gasteiger charge is 2.27. The molecule has 3 aromatic rings. The Labute approximate surface area is 186 Å². The number of carbonyl (C=O) groups excluding carboxylic acids is 2. The minimum absolute atomic E-state index is 0.0867. The predicted molar refractivity (Wildman–Crippen MR) is 121 cm³/mol. The zero-order valence-electron chi connectivity index (χ0n) is 18.6. The summed E-state index contributed by atoms with van der Waals surface area (Å²) in [6.45, 7) is 10.2. The van der Waals surface area contributed by atoms with E-state index < -0.39 is 11.2 Å². The number of thioether (sulfide) groups is 1. The van der Waals surface area contributed by atoms with Crippen molar-refractivity contribution in [2.24, 2.45) is 0 Å². The first kappa shape index (κ1) is 22.8. The topological polar surface area (TPSA) is 89.9 Å². The number of rotatable bonds is 9. The van der Waals surface area contributed by atoms with Crippen molar-refractivity contribution in [3.8, 4) is 0 Å². The zero-order chi connectivity index (χ0) is 22.5. The van der Waals surface area contributed by atoms with Gasteiger partial charge in [0.2, 0.25) is 0 Å². The van der Waals surface area contributed by atoms with Crippen LogP contribution in [0.1, 0.15) is 64.3 Å². The van der Waals surface area contributed by atoms with E-state index in [4.69, 9.17) is 4.74 Å². The molecular formula is C23H28N4O3S. The first-order valence-electron chi connectivity index (χ1n) is 10.4. The molecular weight excluding hydrogens is 412 g/mol. The van der Waals surface area contributed by atoms with Gasteiger partial charge in [-0.3, -0.25) is 4.79 Å². The lowest BCUT2D eigenvalue weighted by Gasteiger charge is -2.12. The lowest BCUT2D eigenvalue weighted by molar-refractivity contribution is 0.0525. The average molecular weight is 441 g/mol. The van der Waals surface area contributed by atoms with Crippen LogP contribution < -0.4 is 0 Å². The van der Waals surface area contributed by atoms with Crippen LogP contribution in [0.2, 0.25) is 0 Å². The lowest BCUT2D eigenvalue weighted by atomic mass is 10.1. The number of aromatic amines is 1. The summed E-state index contributed by atoms with van der Waals surface area (Å²) in [5, 5.41) is 9.01. The monoisotopic (exact) mass is 440 g/mol. The van der Waals surface area contributed by atoms with Crippen molar-refractivity contribution in [1.29, 1.82) is 0 Å². The van der Waals surface area contributed by atoms with Crippen LogP contribution in [0.25, 0.3) is 0 Å². The third-order valence-corrected chi connectivity index (χ3v) is 6.21. The number of esters is 1. The molecule has 0 saturated carbocycles. The fourth-order valence-electron chi connectivity index (χ4n) is 3.55. The van der Waals surface area contributed by atoms with Crippen molar-refractivity contribution in [2.45, 2.75) is 58.0 Å². The Hall–Kier alpha value is -2.87. The summed E-state index contributed by atoms with van der Waals surface area (Å²) in [6.07, 6.45) is 0.683. The summed E-state index contributed by atoms with van der Waals surface area (Å²) < 4.78 is 7.16. The Morgan fingerprint density at radius 1 is 1.16 bits per heavy atom. The van der Waals surface area contributed by atoms with E-state index in [1.807, 2.05) is 36.6 Å². The Balaban J connectivity index is 1.79. The van der Waals surface area contributed by atoms with E-state index in [2.05, 4.69) is 27.3 Å². The molecule has 0 radical (unpaired) electrons. The Morgan fingerprint density at radius 3 is 2.52 bits per heavy atom. The van der Waals surface area contributed by atoms with Gasteiger partial charge in [-0.25, -0.2) is 4.79 Å². The summed E-state index contributed by atoms with van der Waals surface area (Å²) in [5.74, 6) is 0.369. The minimum Gasteiger partial charge on any atom is -0.462 e. The number of hydrogen-bond donors (Lipinski definition) is 1. The van der Waals surface area contributed by atoms with Crippen molar-refractivity contribution >= 4 is 23.5 Å². The predicted octanol–water partition coefficient (Wildman–Crippen LogP) is 4.37. The summed E-state index contributed by atoms with van der Waals surface area (Å²) in [4.78, 5) is 28.5. The number of nitrogens with one attached hydrogen (secondary N) is 1. The maximum atomic E-state index is 13.2. The number of H-pyrrole nitrogens is 1. The molecule has 0 aliphatic rings. The minimum atomic E-state index is -0.413. The summed E-state index contributed by atoms with van der Waals surface area (Å²) in [6, 6.07) is 10.1. The van der Waals surface area contributed by atoms with Crippen LogP contribution in [0.5, 0.6) is 0 Å². The number of aromatic nitrogens is 4. The van der Waals surface area contributed by atoms with Gasteiger partial charge in [-0.05, 0) is 45.7 Å². The molecule has 0 fully saturated rings. The number of aryl methyl sites for hydroxylation is 1. The molecule has 1 N–H and O–H groups in total. The van der Waals surface area contributed by atoms with Crippen molar-refractivity contribution < 1.29 is 14.3 Å². The van der Waals surface area contributed by atoms with Gasteiger partial charge in [-0.1, -0.05) is 42.1 Å². The standard InChI is InChI=1S/C23H28N4O3S/c1-6-27-18(13-17-11-9-8-10-12-17)25-26-23(27)31-16(5)21(28)20-14(3)19(15(4)24-20)22(29)30-7-2/h8-12,16,24H,6-7,13H2,1-5H3. The molecule has 1 unspecified atom stereocenters. The Bertz CT molecular complexity index is 1070. The number of ether oxygens (including phenoxy) is 1. The van der Waals surface area contributed by atoms with Gasteiger partial charge in [0.25, 0.3) is 0 Å². The third-order valence-electron chi connectivity index (χ3n) is 5.13. The first-order chi connectivity index (χ1) is 14.9. The molecule has 164 valence electrons. The molecule has 3 rings (SSSR count). The van der Waals surface area contributed by atoms with Crippen molar-refractivity contribution in [1.82, 2.24) is 19.7 Å². The maximum absolute atomic E-state index is 13.2. The lowest BCUT2D eigenvalue weighted by Crippen LogP contribution is -2.17. The Kier molecular flexibility index (Phi) is 7.33. The van der Waals surface area contributed by atoms with Crippen molar-refractivity contribution in [2.75, 3.05) is 6.61 Å². The molecule has 0 amide bonds. The molecule has 7 nitrogen and oxygen atoms in total. The fraction of sp³-hybridized carbons (Fsp3) is 0.391. The van der Waals surface area contributed by atoms with E-state index in [1.165, 1.54) is 11.8 Å². The van der Waals surface area contributed by atoms with Crippen LogP contribution in [0, 0.1) is 13.8 Å². The third kappa shape index (κ3) is 4.90. The summed E-state index contributed by atoms with van der Waals surface area (Å²) in [7, 11) is 0. The van der Waals surface area contributed by atoms with Crippen LogP contribution in [0.3, 0.4) is 0 Å². The van der Waals surface area contributed by atoms with Crippen LogP contribution >= 0.6 is 11.8 Å². The molecule has 0 aliphatic heterocycles. The van der Waals surface area contributed by atoms with Gasteiger partial charge in [-0.2, -0.15) is 0 Å². The molecule has 0 spiro atoms. The number of ketones is 1. The summed E-state index contributed by atoms with van der Waals surface area (Å²) in [5.41, 5.74) is 3.29. The van der Waals surface area contributed by atoms with Crippen LogP contribution in [-0.4, -0.2) is 43.4 Å². The van der Waals surface area contributed by atoms with Gasteiger partial charge in [0.05, 0.1) is 23.1 Å². The van der Waals surface area contributed by atoms with E-state index >= 15 is 0 Å². The van der Waals surface area contributed by atoms with E-state index in [1.54, 1.807) is 20.8 Å². The average Bonchev–Trinajstić information content (AvgIpc) is 3.27. The van der Waals surface area contributed by atoms with Gasteiger partial charge in [0.1, 0.15) is 5.82 Å². The van der Waals surface area contributed by atoms with Gasteiger partial charge in [0, 0.05) is 18.7 Å². The molecule has 2 heterocycles. The van der Waals surface area contributed by atoms with Crippen molar-refractivity contribution in [3.05, 3.63) is 64.2 Å². The second kappa shape index (κ2) is 9.96. The van der Waals surface area contributed by atoms with E-state index in [9.17, 15) is 9.59 Å². The molecule has 0 bridgehead atoms. The number of Topliss-reactive ketones (excluding diaryl/α,β-unsaturated/α-hetero) is 1.